The first-order chi connectivity index (χ1) is 13.1. The molecular weight excluding hydrogens is 346 g/mol. The number of carbonyl (C=O) groups is 1. The number of aliphatic hydroxyl groups is 1. The molecule has 0 unspecified atom stereocenters. The first-order valence-electron chi connectivity index (χ1n) is 8.24. The number of para-hydroxylation sites is 3. The van der Waals surface area contributed by atoms with E-state index in [0.29, 0.717) is 11.3 Å². The van der Waals surface area contributed by atoms with Gasteiger partial charge in [-0.3, -0.25) is 0 Å². The molecule has 0 amide bonds. The van der Waals surface area contributed by atoms with Crippen LogP contribution < -0.4 is 4.74 Å². The van der Waals surface area contributed by atoms with Gasteiger partial charge in [0.05, 0.1) is 11.0 Å². The number of allylic oxidation sites excluding steroid dienone is 1. The molecule has 0 aliphatic rings. The summed E-state index contributed by atoms with van der Waals surface area (Å²) in [5, 5.41) is 19.5. The van der Waals surface area contributed by atoms with E-state index in [-0.39, 0.29) is 11.4 Å². The van der Waals surface area contributed by atoms with Crippen LogP contribution in [0.1, 0.15) is 12.7 Å². The van der Waals surface area contributed by atoms with E-state index >= 15 is 0 Å². The smallest absolute Gasteiger partial charge is 0.347 e. The number of imidazole rings is 1. The maximum Gasteiger partial charge on any atom is 0.347 e. The number of hydrogen-bond donors (Lipinski definition) is 2. The van der Waals surface area contributed by atoms with Crippen LogP contribution in [0.2, 0.25) is 0 Å². The van der Waals surface area contributed by atoms with Crippen molar-refractivity contribution in [2.75, 3.05) is 6.61 Å². The number of nitrogens with one attached hydrogen (secondary N) is 1. The highest BCUT2D eigenvalue weighted by Gasteiger charge is 2.19. The Morgan fingerprint density at radius 3 is 2.63 bits per heavy atom. The number of nitrogens with zero attached hydrogens (tertiary/aromatic N) is 2. The summed E-state index contributed by atoms with van der Waals surface area (Å²) in [6.07, 6.45) is -0.864. The highest BCUT2D eigenvalue weighted by molar-refractivity contribution is 5.83. The van der Waals surface area contributed by atoms with Gasteiger partial charge >= 0.3 is 5.97 Å². The minimum Gasteiger partial charge on any atom is -0.507 e. The van der Waals surface area contributed by atoms with E-state index in [9.17, 15) is 15.2 Å². The highest BCUT2D eigenvalue weighted by Crippen LogP contribution is 2.19. The van der Waals surface area contributed by atoms with Crippen molar-refractivity contribution in [2.24, 2.45) is 0 Å². The molecule has 0 radical (unpaired) electrons. The van der Waals surface area contributed by atoms with Crippen LogP contribution in [0.25, 0.3) is 16.6 Å². The summed E-state index contributed by atoms with van der Waals surface area (Å²) in [6.45, 7) is 1.09. The summed E-state index contributed by atoms with van der Waals surface area (Å²) in [4.78, 5) is 19.3. The van der Waals surface area contributed by atoms with Gasteiger partial charge in [0.15, 0.2) is 17.7 Å². The fourth-order valence-electron chi connectivity index (χ4n) is 2.41. The molecule has 0 aliphatic carbocycles. The van der Waals surface area contributed by atoms with Crippen molar-refractivity contribution in [3.05, 3.63) is 66.2 Å². The molecule has 2 aromatic carbocycles. The summed E-state index contributed by atoms with van der Waals surface area (Å²) in [7, 11) is 0. The van der Waals surface area contributed by atoms with E-state index in [1.165, 1.54) is 0 Å². The van der Waals surface area contributed by atoms with Gasteiger partial charge in [-0.1, -0.05) is 30.3 Å². The molecule has 0 saturated carbocycles. The molecule has 0 spiro atoms. The van der Waals surface area contributed by atoms with Crippen LogP contribution in [0.4, 0.5) is 0 Å². The van der Waals surface area contributed by atoms with Crippen LogP contribution in [-0.4, -0.2) is 33.8 Å². The van der Waals surface area contributed by atoms with Crippen molar-refractivity contribution in [3.63, 3.8) is 0 Å². The third-order valence-electron chi connectivity index (χ3n) is 3.77. The van der Waals surface area contributed by atoms with Crippen molar-refractivity contribution in [3.8, 4) is 11.8 Å². The molecule has 7 heteroatoms. The molecule has 27 heavy (non-hydrogen) atoms. The van der Waals surface area contributed by atoms with E-state index in [2.05, 4.69) is 9.97 Å². The van der Waals surface area contributed by atoms with Crippen molar-refractivity contribution in [2.45, 2.75) is 13.0 Å². The summed E-state index contributed by atoms with van der Waals surface area (Å²) >= 11 is 0. The number of rotatable bonds is 6. The fourth-order valence-corrected chi connectivity index (χ4v) is 2.41. The SMILES string of the molecule is C[C@H](Oc1ccccc1)C(=O)OC/C(O)=C(\C#N)c1nc2ccccc2[nH]1. The third kappa shape index (κ3) is 4.25. The first kappa shape index (κ1) is 18.0. The Bertz CT molecular complexity index is 985. The Morgan fingerprint density at radius 1 is 1.22 bits per heavy atom. The summed E-state index contributed by atoms with van der Waals surface area (Å²) in [5.74, 6) is -0.313. The highest BCUT2D eigenvalue weighted by atomic mass is 16.6. The predicted octanol–water partition coefficient (Wildman–Crippen LogP) is 3.37. The van der Waals surface area contributed by atoms with Crippen LogP contribution >= 0.6 is 0 Å². The number of nitriles is 1. The molecule has 0 aliphatic heterocycles. The number of aliphatic hydroxyl groups excluding tert-OH is 1. The zero-order valence-electron chi connectivity index (χ0n) is 14.5. The van der Waals surface area contributed by atoms with Gasteiger partial charge in [0.1, 0.15) is 24.0 Å². The maximum absolute atomic E-state index is 12.1. The molecule has 136 valence electrons. The molecule has 3 aromatic rings. The minimum absolute atomic E-state index is 0.0874. The Balaban J connectivity index is 1.67. The summed E-state index contributed by atoms with van der Waals surface area (Å²) < 4.78 is 10.5. The van der Waals surface area contributed by atoms with Gasteiger partial charge in [-0.15, -0.1) is 0 Å². The van der Waals surface area contributed by atoms with Crippen molar-refractivity contribution < 1.29 is 19.4 Å². The Kier molecular flexibility index (Phi) is 5.38. The van der Waals surface area contributed by atoms with Crippen molar-refractivity contribution in [1.29, 1.82) is 5.26 Å². The molecule has 1 aromatic heterocycles. The van der Waals surface area contributed by atoms with Gasteiger partial charge in [0.2, 0.25) is 0 Å². The molecule has 2 N–H and O–H groups in total. The number of benzene rings is 2. The molecule has 0 bridgehead atoms. The lowest BCUT2D eigenvalue weighted by Crippen LogP contribution is -2.26. The molecule has 7 nitrogen and oxygen atoms in total. The van der Waals surface area contributed by atoms with Crippen LogP contribution in [-0.2, 0) is 9.53 Å². The second-order valence-corrected chi connectivity index (χ2v) is 5.72. The van der Waals surface area contributed by atoms with E-state index in [0.717, 1.165) is 5.52 Å². The van der Waals surface area contributed by atoms with Crippen LogP contribution in [0.5, 0.6) is 5.75 Å². The van der Waals surface area contributed by atoms with Gasteiger partial charge in [-0.05, 0) is 31.2 Å². The van der Waals surface area contributed by atoms with E-state index in [1.807, 2.05) is 24.3 Å². The van der Waals surface area contributed by atoms with Crippen LogP contribution in [0, 0.1) is 11.3 Å². The lowest BCUT2D eigenvalue weighted by Gasteiger charge is -2.13. The molecule has 1 atom stereocenters. The van der Waals surface area contributed by atoms with Gasteiger partial charge in [-0.25, -0.2) is 9.78 Å². The third-order valence-corrected chi connectivity index (χ3v) is 3.77. The van der Waals surface area contributed by atoms with Crippen molar-refractivity contribution >= 4 is 22.6 Å². The number of carbonyl (C=O) groups excluding carboxylic acids is 1. The van der Waals surface area contributed by atoms with E-state index in [4.69, 9.17) is 9.47 Å². The standard InChI is InChI=1S/C20H17N3O4/c1-13(27-14-7-3-2-4-8-14)20(25)26-12-18(24)15(11-21)19-22-16-9-5-6-10-17(16)23-19/h2-10,13,24H,12H2,1H3,(H,22,23)/b18-15-/t13-/m0/s1. The number of esters is 1. The lowest BCUT2D eigenvalue weighted by molar-refractivity contribution is -0.150. The molecule has 0 fully saturated rings. The van der Waals surface area contributed by atoms with E-state index in [1.54, 1.807) is 43.3 Å². The van der Waals surface area contributed by atoms with Gasteiger partial charge in [-0.2, -0.15) is 5.26 Å². The quantitative estimate of drug-likeness (QED) is 0.395. The first-order valence-corrected chi connectivity index (χ1v) is 8.24. The second-order valence-electron chi connectivity index (χ2n) is 5.72. The van der Waals surface area contributed by atoms with E-state index < -0.39 is 24.4 Å². The number of H-pyrrole nitrogens is 1. The number of aromatic nitrogens is 2. The average molecular weight is 363 g/mol. The average Bonchev–Trinajstić information content (AvgIpc) is 3.11. The zero-order valence-corrected chi connectivity index (χ0v) is 14.5. The largest absolute Gasteiger partial charge is 0.507 e. The lowest BCUT2D eigenvalue weighted by atomic mass is 10.2. The van der Waals surface area contributed by atoms with Crippen molar-refractivity contribution in [1.82, 2.24) is 9.97 Å². The monoisotopic (exact) mass is 363 g/mol. The Morgan fingerprint density at radius 2 is 1.93 bits per heavy atom. The summed E-state index contributed by atoms with van der Waals surface area (Å²) in [6, 6.07) is 18.0. The number of aromatic amines is 1. The fraction of sp³-hybridized carbons (Fsp3) is 0.150. The maximum atomic E-state index is 12.1. The van der Waals surface area contributed by atoms with Gasteiger partial charge < -0.3 is 19.6 Å². The number of hydrogen-bond acceptors (Lipinski definition) is 6. The molecule has 1 heterocycles. The molecular formula is C20H17N3O4. The normalized spacial score (nSPS) is 12.7. The molecule has 3 rings (SSSR count). The van der Waals surface area contributed by atoms with Crippen LogP contribution in [0.3, 0.4) is 0 Å². The van der Waals surface area contributed by atoms with Gasteiger partial charge in [0, 0.05) is 0 Å². The topological polar surface area (TPSA) is 108 Å². The predicted molar refractivity (Wildman–Crippen MR) is 98.7 cm³/mol. The Labute approximate surface area is 155 Å². The zero-order chi connectivity index (χ0) is 19.2. The summed E-state index contributed by atoms with van der Waals surface area (Å²) in [5.41, 5.74) is 1.31. The molecule has 0 saturated heterocycles. The second kappa shape index (κ2) is 8.06. The number of ether oxygens (including phenoxy) is 2. The Hall–Kier alpha value is -3.79. The van der Waals surface area contributed by atoms with Gasteiger partial charge in [0.25, 0.3) is 0 Å². The minimum atomic E-state index is -0.864. The van der Waals surface area contributed by atoms with Crippen LogP contribution in [0.15, 0.2) is 60.4 Å². The number of fused-ring (bicyclic) bond motifs is 1.